The second kappa shape index (κ2) is 3.50. The van der Waals surface area contributed by atoms with Gasteiger partial charge in [0.2, 0.25) is 3.79 Å². The zero-order valence-electron chi connectivity index (χ0n) is 5.00. The Morgan fingerprint density at radius 1 is 1.44 bits per heavy atom. The first-order chi connectivity index (χ1) is 3.92. The quantitative estimate of drug-likeness (QED) is 0.433. The minimum atomic E-state index is -1.29. The fourth-order valence-electron chi connectivity index (χ4n) is 0.237. The van der Waals surface area contributed by atoms with E-state index in [1.165, 1.54) is 6.08 Å². The van der Waals surface area contributed by atoms with Gasteiger partial charge in [0.15, 0.2) is 0 Å². The third kappa shape index (κ3) is 8.35. The number of allylic oxidation sites excluding steroid dienone is 3. The predicted molar refractivity (Wildman–Crippen MR) is 44.2 cm³/mol. The summed E-state index contributed by atoms with van der Waals surface area (Å²) in [5.74, 6) is 0. The first-order valence-electron chi connectivity index (χ1n) is 2.33. The molecule has 0 aliphatic heterocycles. The van der Waals surface area contributed by atoms with Crippen molar-refractivity contribution in [3.63, 3.8) is 0 Å². The van der Waals surface area contributed by atoms with Gasteiger partial charge in [-0.3, -0.25) is 0 Å². The Balaban J connectivity index is 3.86. The predicted octanol–water partition coefficient (Wildman–Crippen LogP) is 3.49. The summed E-state index contributed by atoms with van der Waals surface area (Å²) in [6.45, 7) is 5.42. The van der Waals surface area contributed by atoms with E-state index >= 15 is 0 Å². The summed E-state index contributed by atoms with van der Waals surface area (Å²) in [7, 11) is 0. The summed E-state index contributed by atoms with van der Waals surface area (Å²) in [6, 6.07) is 0. The molecule has 0 saturated heterocycles. The van der Waals surface area contributed by atoms with Gasteiger partial charge < -0.3 is 0 Å². The molecular formula is C6H7Cl3. The van der Waals surface area contributed by atoms with Gasteiger partial charge in [-0.25, -0.2) is 0 Å². The van der Waals surface area contributed by atoms with Crippen molar-refractivity contribution >= 4 is 34.8 Å². The molecule has 0 aromatic rings. The number of rotatable bonds is 1. The summed E-state index contributed by atoms with van der Waals surface area (Å²) in [4.78, 5) is 0. The van der Waals surface area contributed by atoms with Gasteiger partial charge in [-0.2, -0.15) is 0 Å². The Labute approximate surface area is 70.1 Å². The first-order valence-corrected chi connectivity index (χ1v) is 3.47. The monoisotopic (exact) mass is 184 g/mol. The molecule has 0 bridgehead atoms. The molecule has 0 fully saturated rings. The van der Waals surface area contributed by atoms with E-state index in [1.54, 1.807) is 6.08 Å². The van der Waals surface area contributed by atoms with E-state index in [-0.39, 0.29) is 0 Å². The van der Waals surface area contributed by atoms with Gasteiger partial charge in [-0.15, -0.1) is 0 Å². The Morgan fingerprint density at radius 3 is 2.00 bits per heavy atom. The van der Waals surface area contributed by atoms with Crippen molar-refractivity contribution in [1.29, 1.82) is 0 Å². The van der Waals surface area contributed by atoms with Crippen molar-refractivity contribution in [2.24, 2.45) is 0 Å². The molecule has 52 valence electrons. The minimum Gasteiger partial charge on any atom is -0.0961 e. The lowest BCUT2D eigenvalue weighted by atomic mass is 10.3. The van der Waals surface area contributed by atoms with Crippen molar-refractivity contribution < 1.29 is 0 Å². The number of hydrogen-bond donors (Lipinski definition) is 0. The molecular weight excluding hydrogens is 178 g/mol. The lowest BCUT2D eigenvalue weighted by molar-refractivity contribution is 1.43. The van der Waals surface area contributed by atoms with Crippen LogP contribution in [0.5, 0.6) is 0 Å². The summed E-state index contributed by atoms with van der Waals surface area (Å²) in [6.07, 6.45) is 3.12. The molecule has 0 aliphatic carbocycles. The molecule has 0 unspecified atom stereocenters. The summed E-state index contributed by atoms with van der Waals surface area (Å²) < 4.78 is -1.29. The van der Waals surface area contributed by atoms with Gasteiger partial charge in [-0.05, 0) is 13.0 Å². The van der Waals surface area contributed by atoms with Gasteiger partial charge in [0.1, 0.15) is 0 Å². The van der Waals surface area contributed by atoms with Gasteiger partial charge in [0.25, 0.3) is 0 Å². The van der Waals surface area contributed by atoms with Crippen LogP contribution in [0.1, 0.15) is 6.92 Å². The van der Waals surface area contributed by atoms with E-state index < -0.39 is 3.79 Å². The average molecular weight is 185 g/mol. The summed E-state index contributed by atoms with van der Waals surface area (Å²) in [5, 5.41) is 0. The molecule has 0 radical (unpaired) electrons. The molecule has 9 heavy (non-hydrogen) atoms. The molecule has 0 atom stereocenters. The second-order valence-electron chi connectivity index (χ2n) is 1.72. The van der Waals surface area contributed by atoms with Crippen LogP contribution in [0.3, 0.4) is 0 Å². The third-order valence-electron chi connectivity index (χ3n) is 0.557. The molecule has 0 saturated carbocycles. The van der Waals surface area contributed by atoms with Crippen molar-refractivity contribution in [3.05, 3.63) is 24.3 Å². The average Bonchev–Trinajstić information content (AvgIpc) is 1.59. The fraction of sp³-hybridized carbons (Fsp3) is 0.333. The maximum absolute atomic E-state index is 5.38. The zero-order valence-corrected chi connectivity index (χ0v) is 7.26. The van der Waals surface area contributed by atoms with Crippen LogP contribution >= 0.6 is 34.8 Å². The lowest BCUT2D eigenvalue weighted by Crippen LogP contribution is -1.93. The van der Waals surface area contributed by atoms with Gasteiger partial charge in [-0.1, -0.05) is 53.0 Å². The molecule has 0 amide bonds. The summed E-state index contributed by atoms with van der Waals surface area (Å²) >= 11 is 16.1. The maximum atomic E-state index is 5.38. The number of halogens is 3. The Bertz CT molecular complexity index is 130. The van der Waals surface area contributed by atoms with Gasteiger partial charge in [0, 0.05) is 0 Å². The van der Waals surface area contributed by atoms with Crippen molar-refractivity contribution in [3.8, 4) is 0 Å². The molecule has 0 rings (SSSR count). The highest BCUT2D eigenvalue weighted by Gasteiger charge is 2.12. The number of alkyl halides is 3. The third-order valence-corrected chi connectivity index (χ3v) is 0.935. The fourth-order valence-corrected chi connectivity index (χ4v) is 0.426. The molecule has 0 N–H and O–H groups in total. The zero-order chi connectivity index (χ0) is 7.49. The molecule has 0 aliphatic rings. The molecule has 0 aromatic heterocycles. The van der Waals surface area contributed by atoms with E-state index in [0.717, 1.165) is 5.57 Å². The van der Waals surface area contributed by atoms with E-state index in [0.29, 0.717) is 0 Å². The van der Waals surface area contributed by atoms with Gasteiger partial charge >= 0.3 is 0 Å². The van der Waals surface area contributed by atoms with Crippen LogP contribution < -0.4 is 0 Å². The Hall–Kier alpha value is 0.350. The van der Waals surface area contributed by atoms with Crippen molar-refractivity contribution in [2.75, 3.05) is 0 Å². The largest absolute Gasteiger partial charge is 0.209 e. The Morgan fingerprint density at radius 2 is 1.89 bits per heavy atom. The van der Waals surface area contributed by atoms with Crippen molar-refractivity contribution in [2.45, 2.75) is 10.7 Å². The van der Waals surface area contributed by atoms with E-state index in [1.807, 2.05) is 6.92 Å². The normalized spacial score (nSPS) is 12.4. The lowest BCUT2D eigenvalue weighted by Gasteiger charge is -2.01. The Kier molecular flexibility index (Phi) is 3.64. The standard InChI is InChI=1S/C6H7Cl3/c1-5(2)3-4-6(7,8)9/h3-4H,1H2,2H3/b4-3+. The van der Waals surface area contributed by atoms with E-state index in [4.69, 9.17) is 34.8 Å². The van der Waals surface area contributed by atoms with Crippen molar-refractivity contribution in [1.82, 2.24) is 0 Å². The van der Waals surface area contributed by atoms with Gasteiger partial charge in [0.05, 0.1) is 0 Å². The van der Waals surface area contributed by atoms with Crippen LogP contribution in [-0.2, 0) is 0 Å². The highest BCUT2D eigenvalue weighted by atomic mass is 35.6. The molecule has 0 aromatic carbocycles. The van der Waals surface area contributed by atoms with Crippen LogP contribution in [0.25, 0.3) is 0 Å². The highest BCUT2D eigenvalue weighted by molar-refractivity contribution is 6.68. The van der Waals surface area contributed by atoms with E-state index in [9.17, 15) is 0 Å². The number of hydrogen-bond acceptors (Lipinski definition) is 0. The summed E-state index contributed by atoms with van der Waals surface area (Å²) in [5.41, 5.74) is 0.862. The SMILES string of the molecule is C=C(C)/C=C/C(Cl)(Cl)Cl. The van der Waals surface area contributed by atoms with Crippen LogP contribution in [0, 0.1) is 0 Å². The topological polar surface area (TPSA) is 0 Å². The maximum Gasteiger partial charge on any atom is 0.209 e. The van der Waals surface area contributed by atoms with Crippen LogP contribution in [0.4, 0.5) is 0 Å². The second-order valence-corrected chi connectivity index (χ2v) is 4.09. The molecule has 0 nitrogen and oxygen atoms in total. The smallest absolute Gasteiger partial charge is 0.0961 e. The molecule has 0 spiro atoms. The highest BCUT2D eigenvalue weighted by Crippen LogP contribution is 2.27. The molecule has 3 heteroatoms. The van der Waals surface area contributed by atoms with E-state index in [2.05, 4.69) is 6.58 Å². The van der Waals surface area contributed by atoms with Crippen LogP contribution in [0.2, 0.25) is 0 Å². The first kappa shape index (κ1) is 9.35. The molecule has 0 heterocycles. The van der Waals surface area contributed by atoms with Crippen LogP contribution in [-0.4, -0.2) is 3.79 Å². The minimum absolute atomic E-state index is 0.862. The van der Waals surface area contributed by atoms with Crippen LogP contribution in [0.15, 0.2) is 24.3 Å².